The Morgan fingerprint density at radius 3 is 2.55 bits per heavy atom. The Labute approximate surface area is 201 Å². The van der Waals surface area contributed by atoms with E-state index in [9.17, 15) is 4.79 Å². The summed E-state index contributed by atoms with van der Waals surface area (Å²) in [4.78, 5) is 11.9. The van der Waals surface area contributed by atoms with E-state index >= 15 is 0 Å². The van der Waals surface area contributed by atoms with Crippen LogP contribution in [0.2, 0.25) is 0 Å². The Kier molecular flexibility index (Phi) is 10.1. The molecular formula is C22H32Cl3N3O3. The number of halogens is 3. The zero-order chi connectivity index (χ0) is 19.7. The molecule has 1 aliphatic heterocycles. The van der Waals surface area contributed by atoms with Gasteiger partial charge in [0.2, 0.25) is 5.55 Å². The summed E-state index contributed by atoms with van der Waals surface area (Å²) in [5, 5.41) is 5.15. The number of benzene rings is 1. The first kappa shape index (κ1) is 27.6. The van der Waals surface area contributed by atoms with Gasteiger partial charge >= 0.3 is 0 Å². The second kappa shape index (κ2) is 11.4. The van der Waals surface area contributed by atoms with E-state index in [2.05, 4.69) is 16.6 Å². The molecule has 1 aromatic carbocycles. The highest BCUT2D eigenvalue weighted by molar-refractivity contribution is 5.86. The number of fused-ring (bicyclic) bond motifs is 2. The van der Waals surface area contributed by atoms with Crippen molar-refractivity contribution in [2.45, 2.75) is 76.9 Å². The molecule has 1 aromatic heterocycles. The number of carbonyl (C=O) groups excluding carboxylic acids is 1. The molecule has 6 nitrogen and oxygen atoms in total. The standard InChI is InChI=1S/C22H29N3O3.3ClH/c1-3-17(23)21(26)25-24-20-11-14(2)16-12-15-7-10-22(8-5-4-6-9-22)28-18(15)13-19(16)27-20;;;/h11-13,17H,3-10,23H2,1-2H3,(H,25,26);3*1H/b24-20+;;;. The number of nitrogens with two attached hydrogens (primary N) is 1. The van der Waals surface area contributed by atoms with Gasteiger partial charge in [-0.1, -0.05) is 13.3 Å². The van der Waals surface area contributed by atoms with Crippen LogP contribution >= 0.6 is 37.2 Å². The maximum absolute atomic E-state index is 11.9. The highest BCUT2D eigenvalue weighted by Crippen LogP contribution is 2.43. The van der Waals surface area contributed by atoms with E-state index in [0.29, 0.717) is 12.0 Å². The lowest BCUT2D eigenvalue weighted by Gasteiger charge is -2.41. The van der Waals surface area contributed by atoms with Gasteiger partial charge in [0.25, 0.3) is 5.91 Å². The van der Waals surface area contributed by atoms with Gasteiger partial charge in [0.1, 0.15) is 16.9 Å². The first-order valence-corrected chi connectivity index (χ1v) is 10.4. The predicted molar refractivity (Wildman–Crippen MR) is 129 cm³/mol. The number of carbonyl (C=O) groups is 1. The molecule has 1 unspecified atom stereocenters. The van der Waals surface area contributed by atoms with Gasteiger partial charge in [-0.05, 0) is 69.1 Å². The highest BCUT2D eigenvalue weighted by atomic mass is 35.5. The molecular weight excluding hydrogens is 461 g/mol. The number of hydrogen-bond donors (Lipinski definition) is 2. The molecule has 4 rings (SSSR count). The summed E-state index contributed by atoms with van der Waals surface area (Å²) in [6, 6.07) is 5.43. The number of nitrogens with one attached hydrogen (secondary N) is 1. The van der Waals surface area contributed by atoms with Crippen LogP contribution in [-0.4, -0.2) is 17.6 Å². The summed E-state index contributed by atoms with van der Waals surface area (Å²) in [6.07, 6.45) is 8.77. The van der Waals surface area contributed by atoms with Gasteiger partial charge in [0, 0.05) is 17.5 Å². The first-order chi connectivity index (χ1) is 13.5. The molecule has 1 amide bonds. The van der Waals surface area contributed by atoms with Crippen molar-refractivity contribution in [3.63, 3.8) is 0 Å². The lowest BCUT2D eigenvalue weighted by molar-refractivity contribution is -0.122. The van der Waals surface area contributed by atoms with E-state index in [0.717, 1.165) is 48.0 Å². The molecule has 2 aliphatic rings. The van der Waals surface area contributed by atoms with Gasteiger partial charge in [0.05, 0.1) is 6.04 Å². The number of aryl methyl sites for hydroxylation is 2. The molecule has 2 aromatic rings. The van der Waals surface area contributed by atoms with E-state index in [1.807, 2.05) is 26.0 Å². The van der Waals surface area contributed by atoms with Gasteiger partial charge in [-0.3, -0.25) is 4.79 Å². The third kappa shape index (κ3) is 5.86. The van der Waals surface area contributed by atoms with Crippen LogP contribution in [0.4, 0.5) is 0 Å². The normalized spacial score (nSPS) is 18.0. The molecule has 31 heavy (non-hydrogen) atoms. The third-order valence-corrected chi connectivity index (χ3v) is 6.14. The summed E-state index contributed by atoms with van der Waals surface area (Å²) in [5.41, 5.74) is 11.6. The van der Waals surface area contributed by atoms with E-state index < -0.39 is 6.04 Å². The van der Waals surface area contributed by atoms with E-state index in [1.54, 1.807) is 0 Å². The Bertz CT molecular complexity index is 972. The monoisotopic (exact) mass is 491 g/mol. The molecule has 3 N–H and O–H groups in total. The molecule has 1 spiro atoms. The van der Waals surface area contributed by atoms with Crippen LogP contribution in [0.15, 0.2) is 27.7 Å². The van der Waals surface area contributed by atoms with E-state index in [-0.39, 0.29) is 48.7 Å². The van der Waals surface area contributed by atoms with Crippen molar-refractivity contribution in [1.82, 2.24) is 5.43 Å². The minimum Gasteiger partial charge on any atom is -0.487 e. The minimum atomic E-state index is -0.572. The lowest BCUT2D eigenvalue weighted by Crippen LogP contribution is -2.41. The molecule has 1 atom stereocenters. The summed E-state index contributed by atoms with van der Waals surface area (Å²) in [5.74, 6) is 0.612. The molecule has 174 valence electrons. The lowest BCUT2D eigenvalue weighted by atomic mass is 9.79. The van der Waals surface area contributed by atoms with Gasteiger partial charge in [-0.2, -0.15) is 0 Å². The summed E-state index contributed by atoms with van der Waals surface area (Å²) < 4.78 is 12.5. The van der Waals surface area contributed by atoms with Crippen LogP contribution in [-0.2, 0) is 11.2 Å². The maximum atomic E-state index is 11.9. The van der Waals surface area contributed by atoms with Crippen LogP contribution in [0.3, 0.4) is 0 Å². The van der Waals surface area contributed by atoms with Crippen LogP contribution in [0.5, 0.6) is 5.75 Å². The van der Waals surface area contributed by atoms with Crippen molar-refractivity contribution in [2.75, 3.05) is 0 Å². The van der Waals surface area contributed by atoms with Crippen molar-refractivity contribution in [3.05, 3.63) is 34.9 Å². The molecule has 0 radical (unpaired) electrons. The molecule has 1 aliphatic carbocycles. The van der Waals surface area contributed by atoms with Crippen molar-refractivity contribution < 1.29 is 13.9 Å². The van der Waals surface area contributed by atoms with Gasteiger partial charge in [-0.25, -0.2) is 5.43 Å². The van der Waals surface area contributed by atoms with Crippen LogP contribution < -0.4 is 21.5 Å². The summed E-state index contributed by atoms with van der Waals surface area (Å²) in [7, 11) is 0. The SMILES string of the molecule is CCC(N)C(=O)N/N=c1\cc(C)c2cc3c(cc2o1)OC1(CCCCC1)CC3.Cl.Cl.Cl. The van der Waals surface area contributed by atoms with Crippen molar-refractivity contribution in [2.24, 2.45) is 10.8 Å². The fraction of sp³-hybridized carbons (Fsp3) is 0.545. The molecule has 1 fully saturated rings. The van der Waals surface area contributed by atoms with Gasteiger partial charge < -0.3 is 14.9 Å². The topological polar surface area (TPSA) is 89.9 Å². The Morgan fingerprint density at radius 1 is 1.16 bits per heavy atom. The average Bonchev–Trinajstić information content (AvgIpc) is 2.70. The second-order valence-corrected chi connectivity index (χ2v) is 8.17. The number of rotatable bonds is 3. The average molecular weight is 493 g/mol. The molecule has 0 bridgehead atoms. The Balaban J connectivity index is 0.00000160. The van der Waals surface area contributed by atoms with Crippen LogP contribution in [0, 0.1) is 6.92 Å². The number of nitrogens with zero attached hydrogens (tertiary/aromatic N) is 1. The van der Waals surface area contributed by atoms with Crippen LogP contribution in [0.1, 0.15) is 63.0 Å². The highest BCUT2D eigenvalue weighted by Gasteiger charge is 2.37. The van der Waals surface area contributed by atoms with Crippen molar-refractivity contribution in [1.29, 1.82) is 0 Å². The number of ether oxygens (including phenoxy) is 1. The molecule has 1 saturated carbocycles. The fourth-order valence-corrected chi connectivity index (χ4v) is 4.32. The zero-order valence-electron chi connectivity index (χ0n) is 17.9. The smallest absolute Gasteiger partial charge is 0.257 e. The van der Waals surface area contributed by atoms with Crippen LogP contribution in [0.25, 0.3) is 11.0 Å². The quantitative estimate of drug-likeness (QED) is 0.608. The zero-order valence-corrected chi connectivity index (χ0v) is 20.4. The van der Waals surface area contributed by atoms with Gasteiger partial charge in [0.15, 0.2) is 0 Å². The number of hydrogen-bond acceptors (Lipinski definition) is 5. The van der Waals surface area contributed by atoms with E-state index in [1.165, 1.54) is 24.8 Å². The summed E-state index contributed by atoms with van der Waals surface area (Å²) in [6.45, 7) is 3.88. The van der Waals surface area contributed by atoms with Gasteiger partial charge in [-0.15, -0.1) is 42.3 Å². The third-order valence-electron chi connectivity index (χ3n) is 6.14. The Morgan fingerprint density at radius 2 is 1.87 bits per heavy atom. The molecule has 9 heteroatoms. The minimum absolute atomic E-state index is 0. The maximum Gasteiger partial charge on any atom is 0.257 e. The van der Waals surface area contributed by atoms with Crippen molar-refractivity contribution >= 4 is 54.1 Å². The van der Waals surface area contributed by atoms with E-state index in [4.69, 9.17) is 14.9 Å². The fourth-order valence-electron chi connectivity index (χ4n) is 4.32. The first-order valence-electron chi connectivity index (χ1n) is 10.4. The predicted octanol–water partition coefficient (Wildman–Crippen LogP) is 4.70. The molecule has 0 saturated heterocycles. The second-order valence-electron chi connectivity index (χ2n) is 8.17. The number of amides is 1. The molecule has 2 heterocycles. The Hall–Kier alpha value is -1.47. The largest absolute Gasteiger partial charge is 0.487 e. The summed E-state index contributed by atoms with van der Waals surface area (Å²) >= 11 is 0. The van der Waals surface area contributed by atoms with Crippen molar-refractivity contribution in [3.8, 4) is 5.75 Å².